The monoisotopic (exact) mass is 324 g/mol. The van der Waals surface area contributed by atoms with Crippen LogP contribution in [-0.4, -0.2) is 23.9 Å². The van der Waals surface area contributed by atoms with E-state index in [1.54, 1.807) is 31.4 Å². The molecule has 2 aromatic rings. The summed E-state index contributed by atoms with van der Waals surface area (Å²) in [4.78, 5) is 26.3. The number of carbonyl (C=O) groups excluding carboxylic acids is 1. The van der Waals surface area contributed by atoms with E-state index in [0.29, 0.717) is 11.3 Å². The highest BCUT2D eigenvalue weighted by atomic mass is 16.6. The average molecular weight is 324 g/mol. The number of methoxy groups -OCH3 is 1. The van der Waals surface area contributed by atoms with Crippen LogP contribution in [0.25, 0.3) is 6.08 Å². The second kappa shape index (κ2) is 6.33. The van der Waals surface area contributed by atoms with E-state index in [1.807, 2.05) is 6.07 Å². The zero-order valence-electron chi connectivity index (χ0n) is 12.6. The predicted molar refractivity (Wildman–Crippen MR) is 86.7 cm³/mol. The molecule has 0 saturated heterocycles. The third kappa shape index (κ3) is 3.14. The molecule has 0 saturated carbocycles. The number of nitrogens with zero attached hydrogens (tertiary/aromatic N) is 2. The molecule has 0 atom stereocenters. The number of aliphatic imine (C=N–C) groups is 1. The standard InChI is InChI=1S/C17H12N2O5/c1-23-14-4-2-3-11(9-14)10-15-17(20)24-16(18-15)12-5-7-13(8-6-12)19(21)22/h2-10H,1H3/b15-10-. The van der Waals surface area contributed by atoms with Gasteiger partial charge in [-0.25, -0.2) is 9.79 Å². The van der Waals surface area contributed by atoms with Crippen molar-refractivity contribution in [2.24, 2.45) is 4.99 Å². The van der Waals surface area contributed by atoms with Crippen molar-refractivity contribution in [1.82, 2.24) is 0 Å². The smallest absolute Gasteiger partial charge is 0.363 e. The second-order valence-corrected chi connectivity index (χ2v) is 4.92. The van der Waals surface area contributed by atoms with Crippen molar-refractivity contribution in [3.05, 3.63) is 75.5 Å². The van der Waals surface area contributed by atoms with E-state index >= 15 is 0 Å². The van der Waals surface area contributed by atoms with Crippen LogP contribution in [-0.2, 0) is 9.53 Å². The van der Waals surface area contributed by atoms with E-state index in [-0.39, 0.29) is 17.3 Å². The molecule has 2 aromatic carbocycles. The molecule has 0 aromatic heterocycles. The molecule has 0 unspecified atom stereocenters. The van der Waals surface area contributed by atoms with Crippen molar-refractivity contribution in [2.75, 3.05) is 7.11 Å². The second-order valence-electron chi connectivity index (χ2n) is 4.92. The largest absolute Gasteiger partial charge is 0.497 e. The number of benzene rings is 2. The number of non-ortho nitro benzene ring substituents is 1. The Balaban J connectivity index is 1.89. The van der Waals surface area contributed by atoms with Gasteiger partial charge in [0.15, 0.2) is 5.70 Å². The maximum atomic E-state index is 11.9. The minimum Gasteiger partial charge on any atom is -0.497 e. The lowest BCUT2D eigenvalue weighted by Crippen LogP contribution is -2.05. The Bertz CT molecular complexity index is 869. The highest BCUT2D eigenvalue weighted by Crippen LogP contribution is 2.22. The van der Waals surface area contributed by atoms with Gasteiger partial charge in [0.2, 0.25) is 5.90 Å². The zero-order chi connectivity index (χ0) is 17.1. The van der Waals surface area contributed by atoms with Gasteiger partial charge >= 0.3 is 5.97 Å². The van der Waals surface area contributed by atoms with Crippen LogP contribution in [0, 0.1) is 10.1 Å². The first kappa shape index (κ1) is 15.4. The summed E-state index contributed by atoms with van der Waals surface area (Å²) in [7, 11) is 1.56. The summed E-state index contributed by atoms with van der Waals surface area (Å²) in [5, 5.41) is 10.7. The fourth-order valence-electron chi connectivity index (χ4n) is 2.15. The molecule has 7 nitrogen and oxygen atoms in total. The number of hydrogen-bond acceptors (Lipinski definition) is 6. The van der Waals surface area contributed by atoms with Gasteiger partial charge in [0.25, 0.3) is 5.69 Å². The van der Waals surface area contributed by atoms with E-state index < -0.39 is 10.9 Å². The van der Waals surface area contributed by atoms with Crippen LogP contribution in [0.2, 0.25) is 0 Å². The molecule has 24 heavy (non-hydrogen) atoms. The third-order valence-corrected chi connectivity index (χ3v) is 3.34. The van der Waals surface area contributed by atoms with E-state index in [0.717, 1.165) is 5.56 Å². The van der Waals surface area contributed by atoms with Crippen LogP contribution in [0.1, 0.15) is 11.1 Å². The van der Waals surface area contributed by atoms with Crippen molar-refractivity contribution < 1.29 is 19.2 Å². The van der Waals surface area contributed by atoms with Crippen molar-refractivity contribution >= 4 is 23.6 Å². The number of cyclic esters (lactones) is 1. The van der Waals surface area contributed by atoms with Gasteiger partial charge in [-0.1, -0.05) is 12.1 Å². The molecule has 0 aliphatic carbocycles. The summed E-state index contributed by atoms with van der Waals surface area (Å²) in [5.74, 6) is 0.200. The van der Waals surface area contributed by atoms with E-state index in [4.69, 9.17) is 9.47 Å². The molecule has 1 aliphatic rings. The van der Waals surface area contributed by atoms with Gasteiger partial charge in [-0.05, 0) is 35.9 Å². The van der Waals surface area contributed by atoms with Gasteiger partial charge in [-0.2, -0.15) is 0 Å². The number of nitro benzene ring substituents is 1. The Kier molecular flexibility index (Phi) is 4.07. The fourth-order valence-corrected chi connectivity index (χ4v) is 2.15. The van der Waals surface area contributed by atoms with E-state index in [2.05, 4.69) is 4.99 Å². The number of ether oxygens (including phenoxy) is 2. The van der Waals surface area contributed by atoms with Gasteiger partial charge in [0, 0.05) is 17.7 Å². The minimum atomic E-state index is -0.578. The summed E-state index contributed by atoms with van der Waals surface area (Å²) in [6.45, 7) is 0. The van der Waals surface area contributed by atoms with Crippen molar-refractivity contribution in [1.29, 1.82) is 0 Å². The molecular weight excluding hydrogens is 312 g/mol. The van der Waals surface area contributed by atoms with Gasteiger partial charge < -0.3 is 9.47 Å². The minimum absolute atomic E-state index is 0.0455. The highest BCUT2D eigenvalue weighted by Gasteiger charge is 2.24. The summed E-state index contributed by atoms with van der Waals surface area (Å²) in [6.07, 6.45) is 1.59. The van der Waals surface area contributed by atoms with Crippen LogP contribution in [0.15, 0.2) is 59.2 Å². The lowest BCUT2D eigenvalue weighted by molar-refractivity contribution is -0.384. The Morgan fingerprint density at radius 2 is 1.96 bits per heavy atom. The lowest BCUT2D eigenvalue weighted by Gasteiger charge is -2.00. The molecule has 7 heteroatoms. The number of nitro groups is 1. The summed E-state index contributed by atoms with van der Waals surface area (Å²) >= 11 is 0. The number of hydrogen-bond donors (Lipinski definition) is 0. The average Bonchev–Trinajstić information content (AvgIpc) is 2.96. The first-order valence-electron chi connectivity index (χ1n) is 6.98. The molecule has 0 spiro atoms. The van der Waals surface area contributed by atoms with Crippen LogP contribution in [0.5, 0.6) is 5.75 Å². The summed E-state index contributed by atoms with van der Waals surface area (Å²) in [5.41, 5.74) is 1.34. The zero-order valence-corrected chi connectivity index (χ0v) is 12.6. The summed E-state index contributed by atoms with van der Waals surface area (Å²) < 4.78 is 10.3. The van der Waals surface area contributed by atoms with Crippen molar-refractivity contribution in [3.63, 3.8) is 0 Å². The van der Waals surface area contributed by atoms with Gasteiger partial charge in [0.1, 0.15) is 5.75 Å². The third-order valence-electron chi connectivity index (χ3n) is 3.34. The first-order chi connectivity index (χ1) is 11.6. The Morgan fingerprint density at radius 3 is 2.62 bits per heavy atom. The maximum absolute atomic E-state index is 11.9. The van der Waals surface area contributed by atoms with Gasteiger partial charge in [0.05, 0.1) is 12.0 Å². The number of rotatable bonds is 4. The quantitative estimate of drug-likeness (QED) is 0.373. The van der Waals surface area contributed by atoms with Crippen LogP contribution in [0.3, 0.4) is 0 Å². The highest BCUT2D eigenvalue weighted by molar-refractivity contribution is 6.12. The Hall–Kier alpha value is -3.48. The number of carbonyl (C=O) groups is 1. The number of esters is 1. The Labute approximate surface area is 137 Å². The molecule has 0 radical (unpaired) electrons. The Morgan fingerprint density at radius 1 is 1.21 bits per heavy atom. The van der Waals surface area contributed by atoms with Gasteiger partial charge in [-0.15, -0.1) is 0 Å². The molecule has 1 heterocycles. The molecule has 0 N–H and O–H groups in total. The molecule has 0 fully saturated rings. The predicted octanol–water partition coefficient (Wildman–Crippen LogP) is 2.95. The molecule has 0 amide bonds. The molecular formula is C17H12N2O5. The van der Waals surface area contributed by atoms with Crippen LogP contribution in [0.4, 0.5) is 5.69 Å². The first-order valence-corrected chi connectivity index (χ1v) is 6.98. The van der Waals surface area contributed by atoms with E-state index in [9.17, 15) is 14.9 Å². The molecule has 3 rings (SSSR count). The summed E-state index contributed by atoms with van der Waals surface area (Å²) in [6, 6.07) is 12.8. The molecule has 0 bridgehead atoms. The van der Waals surface area contributed by atoms with E-state index in [1.165, 1.54) is 24.3 Å². The molecule has 1 aliphatic heterocycles. The fraction of sp³-hybridized carbons (Fsp3) is 0.0588. The van der Waals surface area contributed by atoms with Crippen LogP contribution < -0.4 is 4.74 Å². The normalized spacial score (nSPS) is 15.1. The topological polar surface area (TPSA) is 91.0 Å². The SMILES string of the molecule is COc1cccc(/C=C2\N=C(c3ccc([N+](=O)[O-])cc3)OC2=O)c1. The van der Waals surface area contributed by atoms with Gasteiger partial charge in [-0.3, -0.25) is 10.1 Å². The van der Waals surface area contributed by atoms with Crippen molar-refractivity contribution in [2.45, 2.75) is 0 Å². The molecule has 120 valence electrons. The van der Waals surface area contributed by atoms with Crippen molar-refractivity contribution in [3.8, 4) is 5.75 Å². The lowest BCUT2D eigenvalue weighted by atomic mass is 10.2. The maximum Gasteiger partial charge on any atom is 0.363 e. The van der Waals surface area contributed by atoms with Crippen LogP contribution >= 0.6 is 0 Å².